The number of nitrogens with zero attached hydrogens (tertiary/aromatic N) is 1. The van der Waals surface area contributed by atoms with Gasteiger partial charge < -0.3 is 14.1 Å². The van der Waals surface area contributed by atoms with E-state index in [9.17, 15) is 9.59 Å². The number of hydrogen-bond acceptors (Lipinski definition) is 4. The lowest BCUT2D eigenvalue weighted by molar-refractivity contribution is -0.130. The van der Waals surface area contributed by atoms with Crippen LogP contribution in [0.1, 0.15) is 23.1 Å². The van der Waals surface area contributed by atoms with Gasteiger partial charge in [-0.25, -0.2) is 4.79 Å². The molecule has 0 aliphatic carbocycles. The molecule has 0 bridgehead atoms. The Morgan fingerprint density at radius 3 is 2.59 bits per heavy atom. The number of rotatable bonds is 6. The van der Waals surface area contributed by atoms with Crippen LogP contribution in [0, 0.1) is 6.92 Å². The molecule has 140 valence electrons. The molecule has 5 heteroatoms. The van der Waals surface area contributed by atoms with Crippen molar-refractivity contribution in [2.24, 2.45) is 0 Å². The Morgan fingerprint density at radius 2 is 1.89 bits per heavy atom. The van der Waals surface area contributed by atoms with E-state index in [1.165, 1.54) is 0 Å². The number of aryl methyl sites for hydroxylation is 1. The lowest BCUT2D eigenvalue weighted by Gasteiger charge is -2.17. The number of benzene rings is 2. The lowest BCUT2D eigenvalue weighted by Crippen LogP contribution is -2.27. The fraction of sp³-hybridized carbons (Fsp3) is 0.273. The second-order valence-corrected chi connectivity index (χ2v) is 6.59. The Balaban J connectivity index is 1.74. The summed E-state index contributed by atoms with van der Waals surface area (Å²) in [4.78, 5) is 26.5. The highest BCUT2D eigenvalue weighted by molar-refractivity contribution is 5.82. The van der Waals surface area contributed by atoms with Gasteiger partial charge in [0, 0.05) is 37.0 Å². The van der Waals surface area contributed by atoms with E-state index in [1.54, 1.807) is 25.1 Å². The first-order valence-electron chi connectivity index (χ1n) is 8.88. The molecule has 0 fully saturated rings. The molecule has 0 aliphatic rings. The van der Waals surface area contributed by atoms with Crippen molar-refractivity contribution in [1.82, 2.24) is 4.90 Å². The Hall–Kier alpha value is -3.08. The van der Waals surface area contributed by atoms with Gasteiger partial charge in [-0.05, 0) is 36.6 Å². The molecule has 0 saturated heterocycles. The highest BCUT2D eigenvalue weighted by Gasteiger charge is 2.15. The van der Waals surface area contributed by atoms with Crippen LogP contribution in [0.5, 0.6) is 5.75 Å². The van der Waals surface area contributed by atoms with Gasteiger partial charge in [0.1, 0.15) is 11.3 Å². The molecule has 1 amide bonds. The highest BCUT2D eigenvalue weighted by atomic mass is 16.5. The average molecular weight is 365 g/mol. The first kappa shape index (κ1) is 18.7. The topological polar surface area (TPSA) is 59.8 Å². The molecular formula is C22H23NO4. The molecule has 0 N–H and O–H groups in total. The number of fused-ring (bicyclic) bond motifs is 1. The molecule has 0 saturated carbocycles. The third-order valence-electron chi connectivity index (χ3n) is 4.77. The summed E-state index contributed by atoms with van der Waals surface area (Å²) in [7, 11) is 3.34. The van der Waals surface area contributed by atoms with Gasteiger partial charge in [-0.15, -0.1) is 0 Å². The SMILES string of the molecule is COc1ccc2c(C)c(CCC(=O)N(C)Cc3ccccc3)c(=O)oc2c1. The van der Waals surface area contributed by atoms with Crippen molar-refractivity contribution in [2.45, 2.75) is 26.3 Å². The monoisotopic (exact) mass is 365 g/mol. The van der Waals surface area contributed by atoms with Gasteiger partial charge in [0.25, 0.3) is 0 Å². The first-order valence-corrected chi connectivity index (χ1v) is 8.88. The van der Waals surface area contributed by atoms with Crippen molar-refractivity contribution < 1.29 is 13.9 Å². The summed E-state index contributed by atoms with van der Waals surface area (Å²) in [6, 6.07) is 15.2. The van der Waals surface area contributed by atoms with Crippen molar-refractivity contribution >= 4 is 16.9 Å². The van der Waals surface area contributed by atoms with E-state index in [0.717, 1.165) is 16.5 Å². The molecule has 3 aromatic rings. The zero-order chi connectivity index (χ0) is 19.4. The molecule has 3 rings (SSSR count). The van der Waals surface area contributed by atoms with Crippen molar-refractivity contribution in [3.8, 4) is 5.75 Å². The molecule has 0 atom stereocenters. The largest absolute Gasteiger partial charge is 0.497 e. The number of amides is 1. The van der Waals surface area contributed by atoms with Crippen LogP contribution in [0.15, 0.2) is 57.7 Å². The van der Waals surface area contributed by atoms with Gasteiger partial charge in [0.05, 0.1) is 7.11 Å². The molecule has 0 spiro atoms. The van der Waals surface area contributed by atoms with Crippen LogP contribution in [0.25, 0.3) is 11.0 Å². The fourth-order valence-corrected chi connectivity index (χ4v) is 3.16. The Kier molecular flexibility index (Phi) is 5.60. The Bertz CT molecular complexity index is 1010. The third kappa shape index (κ3) is 4.19. The second-order valence-electron chi connectivity index (χ2n) is 6.59. The summed E-state index contributed by atoms with van der Waals surface area (Å²) in [6.45, 7) is 2.43. The molecule has 0 aliphatic heterocycles. The van der Waals surface area contributed by atoms with Crippen molar-refractivity contribution in [1.29, 1.82) is 0 Å². The van der Waals surface area contributed by atoms with Crippen molar-refractivity contribution in [3.63, 3.8) is 0 Å². The minimum atomic E-state index is -0.397. The van der Waals surface area contributed by atoms with Crippen LogP contribution in [-0.2, 0) is 17.8 Å². The number of hydrogen-bond donors (Lipinski definition) is 0. The van der Waals surface area contributed by atoms with Gasteiger partial charge in [0.15, 0.2) is 0 Å². The van der Waals surface area contributed by atoms with Crippen LogP contribution < -0.4 is 10.4 Å². The lowest BCUT2D eigenvalue weighted by atomic mass is 10.0. The first-order chi connectivity index (χ1) is 13.0. The standard InChI is InChI=1S/C22H23NO4/c1-15-18-10-9-17(26-3)13-20(18)27-22(25)19(15)11-12-21(24)23(2)14-16-7-5-4-6-8-16/h4-10,13H,11-12,14H2,1-3H3. The molecule has 27 heavy (non-hydrogen) atoms. The molecule has 2 aromatic carbocycles. The summed E-state index contributed by atoms with van der Waals surface area (Å²) in [5, 5.41) is 0.857. The van der Waals surface area contributed by atoms with Crippen molar-refractivity contribution in [3.05, 3.63) is 75.6 Å². The van der Waals surface area contributed by atoms with Gasteiger partial charge in [0.2, 0.25) is 5.91 Å². The average Bonchev–Trinajstić information content (AvgIpc) is 2.67. The van der Waals surface area contributed by atoms with Crippen LogP contribution in [0.2, 0.25) is 0 Å². The third-order valence-corrected chi connectivity index (χ3v) is 4.77. The van der Waals surface area contributed by atoms with E-state index < -0.39 is 5.63 Å². The van der Waals surface area contributed by atoms with Crippen LogP contribution in [-0.4, -0.2) is 25.0 Å². The zero-order valence-corrected chi connectivity index (χ0v) is 15.8. The number of methoxy groups -OCH3 is 1. The van der Waals surface area contributed by atoms with Gasteiger partial charge in [-0.1, -0.05) is 30.3 Å². The van der Waals surface area contributed by atoms with Crippen molar-refractivity contribution in [2.75, 3.05) is 14.2 Å². The minimum absolute atomic E-state index is 0.00696. The predicted molar refractivity (Wildman–Crippen MR) is 105 cm³/mol. The minimum Gasteiger partial charge on any atom is -0.497 e. The Labute approximate surface area is 158 Å². The normalized spacial score (nSPS) is 10.8. The maximum Gasteiger partial charge on any atom is 0.339 e. The van der Waals surface area contributed by atoms with Gasteiger partial charge in [-0.2, -0.15) is 0 Å². The molecule has 5 nitrogen and oxygen atoms in total. The van der Waals surface area contributed by atoms with E-state index in [-0.39, 0.29) is 12.3 Å². The Morgan fingerprint density at radius 1 is 1.15 bits per heavy atom. The zero-order valence-electron chi connectivity index (χ0n) is 15.8. The number of carbonyl (C=O) groups excluding carboxylic acids is 1. The van der Waals surface area contributed by atoms with E-state index in [2.05, 4.69) is 0 Å². The van der Waals surface area contributed by atoms with Gasteiger partial charge in [-0.3, -0.25) is 4.79 Å². The molecular weight excluding hydrogens is 342 g/mol. The maximum absolute atomic E-state index is 12.5. The van der Waals surface area contributed by atoms with E-state index >= 15 is 0 Å². The van der Waals surface area contributed by atoms with E-state index in [4.69, 9.17) is 9.15 Å². The predicted octanol–water partition coefficient (Wildman–Crippen LogP) is 3.70. The highest BCUT2D eigenvalue weighted by Crippen LogP contribution is 2.24. The van der Waals surface area contributed by atoms with Gasteiger partial charge >= 0.3 is 5.63 Å². The van der Waals surface area contributed by atoms with E-state index in [1.807, 2.05) is 49.4 Å². The molecule has 1 aromatic heterocycles. The quantitative estimate of drug-likeness (QED) is 0.625. The fourth-order valence-electron chi connectivity index (χ4n) is 3.16. The molecule has 0 unspecified atom stereocenters. The summed E-state index contributed by atoms with van der Waals surface area (Å²) < 4.78 is 10.6. The second kappa shape index (κ2) is 8.08. The number of ether oxygens (including phenoxy) is 1. The van der Waals surface area contributed by atoms with Crippen LogP contribution >= 0.6 is 0 Å². The summed E-state index contributed by atoms with van der Waals surface area (Å²) >= 11 is 0. The molecule has 1 heterocycles. The van der Waals surface area contributed by atoms with E-state index in [0.29, 0.717) is 29.9 Å². The van der Waals surface area contributed by atoms with Crippen LogP contribution in [0.4, 0.5) is 0 Å². The maximum atomic E-state index is 12.5. The number of carbonyl (C=O) groups is 1. The summed E-state index contributed by atoms with van der Waals surface area (Å²) in [5.74, 6) is 0.628. The summed E-state index contributed by atoms with van der Waals surface area (Å²) in [5.41, 5.74) is 2.57. The summed E-state index contributed by atoms with van der Waals surface area (Å²) in [6.07, 6.45) is 0.616. The smallest absolute Gasteiger partial charge is 0.339 e. The molecule has 0 radical (unpaired) electrons. The van der Waals surface area contributed by atoms with Crippen LogP contribution in [0.3, 0.4) is 0 Å².